The zero-order valence-corrected chi connectivity index (χ0v) is 15.8. The van der Waals surface area contributed by atoms with Gasteiger partial charge in [0.25, 0.3) is 5.91 Å². The van der Waals surface area contributed by atoms with Crippen molar-refractivity contribution in [1.29, 1.82) is 0 Å². The van der Waals surface area contributed by atoms with Crippen LogP contribution in [-0.2, 0) is 5.54 Å². The molecule has 0 fully saturated rings. The standard InChI is InChI=1S/C20H20N6O2/c1-12-7-8-13(17-24-19(28-25-17)20(2,3)21)10-14(12)23-18(27)15-11-22-16-6-4-5-9-26(15)16/h4-11H,21H2,1-3H3,(H,23,27). The molecule has 142 valence electrons. The van der Waals surface area contributed by atoms with Crippen LogP contribution in [0.2, 0.25) is 0 Å². The number of benzene rings is 1. The van der Waals surface area contributed by atoms with Gasteiger partial charge in [-0.3, -0.25) is 9.20 Å². The van der Waals surface area contributed by atoms with E-state index in [4.69, 9.17) is 10.3 Å². The normalized spacial score (nSPS) is 11.7. The molecule has 0 aliphatic carbocycles. The van der Waals surface area contributed by atoms with Gasteiger partial charge in [0, 0.05) is 17.4 Å². The number of fused-ring (bicyclic) bond motifs is 1. The lowest BCUT2D eigenvalue weighted by Crippen LogP contribution is -2.28. The monoisotopic (exact) mass is 376 g/mol. The maximum atomic E-state index is 12.8. The van der Waals surface area contributed by atoms with Crippen LogP contribution in [0, 0.1) is 6.92 Å². The molecule has 0 spiro atoms. The van der Waals surface area contributed by atoms with Gasteiger partial charge in [0.05, 0.1) is 11.7 Å². The molecule has 1 amide bonds. The molecule has 0 aliphatic heterocycles. The summed E-state index contributed by atoms with van der Waals surface area (Å²) in [6.07, 6.45) is 3.36. The Bertz CT molecular complexity index is 1170. The van der Waals surface area contributed by atoms with Gasteiger partial charge in [-0.2, -0.15) is 4.98 Å². The third-order valence-corrected chi connectivity index (χ3v) is 4.37. The number of imidazole rings is 1. The van der Waals surface area contributed by atoms with E-state index in [1.54, 1.807) is 30.6 Å². The van der Waals surface area contributed by atoms with Crippen molar-refractivity contribution in [1.82, 2.24) is 19.5 Å². The van der Waals surface area contributed by atoms with Crippen LogP contribution >= 0.6 is 0 Å². The van der Waals surface area contributed by atoms with Gasteiger partial charge in [0.15, 0.2) is 0 Å². The maximum Gasteiger partial charge on any atom is 0.274 e. The Hall–Kier alpha value is -3.52. The zero-order chi connectivity index (χ0) is 19.9. The second-order valence-electron chi connectivity index (χ2n) is 7.20. The molecule has 0 atom stereocenters. The average molecular weight is 376 g/mol. The fraction of sp³-hybridized carbons (Fsp3) is 0.200. The quantitative estimate of drug-likeness (QED) is 0.566. The molecule has 4 aromatic rings. The second kappa shape index (κ2) is 6.58. The van der Waals surface area contributed by atoms with E-state index in [2.05, 4.69) is 20.4 Å². The van der Waals surface area contributed by atoms with Gasteiger partial charge >= 0.3 is 0 Å². The van der Waals surface area contributed by atoms with Crippen molar-refractivity contribution in [3.63, 3.8) is 0 Å². The first-order valence-corrected chi connectivity index (χ1v) is 8.80. The Morgan fingerprint density at radius 3 is 2.82 bits per heavy atom. The van der Waals surface area contributed by atoms with Crippen molar-refractivity contribution < 1.29 is 9.32 Å². The van der Waals surface area contributed by atoms with Crippen molar-refractivity contribution in [2.75, 3.05) is 5.32 Å². The van der Waals surface area contributed by atoms with Crippen LogP contribution in [-0.4, -0.2) is 25.4 Å². The number of anilines is 1. The lowest BCUT2D eigenvalue weighted by Gasteiger charge is -2.11. The molecule has 4 rings (SSSR count). The number of amides is 1. The minimum absolute atomic E-state index is 0.254. The van der Waals surface area contributed by atoms with E-state index in [0.29, 0.717) is 28.7 Å². The molecule has 0 bridgehead atoms. The number of carbonyl (C=O) groups is 1. The van der Waals surface area contributed by atoms with Crippen LogP contribution in [0.25, 0.3) is 17.0 Å². The second-order valence-corrected chi connectivity index (χ2v) is 7.20. The molecule has 8 heteroatoms. The number of nitrogens with one attached hydrogen (secondary N) is 1. The highest BCUT2D eigenvalue weighted by atomic mass is 16.5. The van der Waals surface area contributed by atoms with Crippen LogP contribution in [0.4, 0.5) is 5.69 Å². The number of nitrogens with two attached hydrogens (primary N) is 1. The van der Waals surface area contributed by atoms with E-state index in [-0.39, 0.29) is 5.91 Å². The summed E-state index contributed by atoms with van der Waals surface area (Å²) in [4.78, 5) is 21.4. The highest BCUT2D eigenvalue weighted by Gasteiger charge is 2.23. The van der Waals surface area contributed by atoms with Gasteiger partial charge in [-0.15, -0.1) is 0 Å². The van der Waals surface area contributed by atoms with Crippen LogP contribution in [0.5, 0.6) is 0 Å². The van der Waals surface area contributed by atoms with Crippen molar-refractivity contribution in [2.45, 2.75) is 26.3 Å². The summed E-state index contributed by atoms with van der Waals surface area (Å²) < 4.78 is 7.00. The van der Waals surface area contributed by atoms with Gasteiger partial charge in [0.1, 0.15) is 11.3 Å². The number of aryl methyl sites for hydroxylation is 1. The summed E-state index contributed by atoms with van der Waals surface area (Å²) in [5.74, 6) is 0.508. The predicted octanol–water partition coefficient (Wildman–Crippen LogP) is 3.14. The Labute approximate surface area is 161 Å². The number of hydrogen-bond acceptors (Lipinski definition) is 6. The summed E-state index contributed by atoms with van der Waals surface area (Å²) in [7, 11) is 0. The number of nitrogens with zero attached hydrogens (tertiary/aromatic N) is 4. The van der Waals surface area contributed by atoms with Crippen molar-refractivity contribution in [2.24, 2.45) is 5.73 Å². The fourth-order valence-electron chi connectivity index (χ4n) is 2.79. The molecule has 0 saturated heterocycles. The Morgan fingerprint density at radius 1 is 1.25 bits per heavy atom. The first-order chi connectivity index (χ1) is 13.3. The van der Waals surface area contributed by atoms with E-state index < -0.39 is 5.54 Å². The summed E-state index contributed by atoms with van der Waals surface area (Å²) in [6, 6.07) is 11.1. The van der Waals surface area contributed by atoms with Gasteiger partial charge < -0.3 is 15.6 Å². The molecule has 3 aromatic heterocycles. The fourth-order valence-corrected chi connectivity index (χ4v) is 2.79. The lowest BCUT2D eigenvalue weighted by atomic mass is 10.1. The van der Waals surface area contributed by atoms with Gasteiger partial charge in [-0.05, 0) is 44.5 Å². The summed E-state index contributed by atoms with van der Waals surface area (Å²) in [5, 5.41) is 6.94. The van der Waals surface area contributed by atoms with E-state index in [1.807, 2.05) is 43.3 Å². The summed E-state index contributed by atoms with van der Waals surface area (Å²) in [6.45, 7) is 5.50. The summed E-state index contributed by atoms with van der Waals surface area (Å²) in [5.41, 5.74) is 8.73. The van der Waals surface area contributed by atoms with Gasteiger partial charge in [-0.1, -0.05) is 23.4 Å². The molecule has 0 saturated carbocycles. The number of carbonyl (C=O) groups excluding carboxylic acids is 1. The maximum absolute atomic E-state index is 12.8. The first kappa shape index (κ1) is 17.9. The van der Waals surface area contributed by atoms with E-state index in [9.17, 15) is 4.79 Å². The molecular weight excluding hydrogens is 356 g/mol. The molecule has 0 unspecified atom stereocenters. The third kappa shape index (κ3) is 3.25. The smallest absolute Gasteiger partial charge is 0.274 e. The van der Waals surface area contributed by atoms with Crippen molar-refractivity contribution in [3.8, 4) is 11.4 Å². The molecule has 0 aliphatic rings. The number of aromatic nitrogens is 4. The van der Waals surface area contributed by atoms with E-state index in [1.165, 1.54) is 0 Å². The minimum Gasteiger partial charge on any atom is -0.337 e. The zero-order valence-electron chi connectivity index (χ0n) is 15.8. The third-order valence-electron chi connectivity index (χ3n) is 4.37. The van der Waals surface area contributed by atoms with Crippen molar-refractivity contribution >= 4 is 17.2 Å². The van der Waals surface area contributed by atoms with Crippen LogP contribution in [0.3, 0.4) is 0 Å². The molecule has 3 N–H and O–H groups in total. The summed E-state index contributed by atoms with van der Waals surface area (Å²) >= 11 is 0. The number of pyridine rings is 1. The average Bonchev–Trinajstić information content (AvgIpc) is 3.30. The predicted molar refractivity (Wildman–Crippen MR) is 105 cm³/mol. The van der Waals surface area contributed by atoms with Gasteiger partial charge in [0.2, 0.25) is 11.7 Å². The molecule has 28 heavy (non-hydrogen) atoms. The first-order valence-electron chi connectivity index (χ1n) is 8.80. The molecule has 1 aromatic carbocycles. The molecular formula is C20H20N6O2. The Balaban J connectivity index is 1.64. The van der Waals surface area contributed by atoms with E-state index >= 15 is 0 Å². The molecule has 8 nitrogen and oxygen atoms in total. The van der Waals surface area contributed by atoms with E-state index in [0.717, 1.165) is 11.1 Å². The lowest BCUT2D eigenvalue weighted by molar-refractivity contribution is 0.102. The van der Waals surface area contributed by atoms with Crippen LogP contribution < -0.4 is 11.1 Å². The van der Waals surface area contributed by atoms with Gasteiger partial charge in [-0.25, -0.2) is 4.98 Å². The Kier molecular flexibility index (Phi) is 4.20. The molecule has 0 radical (unpaired) electrons. The van der Waals surface area contributed by atoms with Crippen LogP contribution in [0.1, 0.15) is 35.8 Å². The van der Waals surface area contributed by atoms with Crippen molar-refractivity contribution in [3.05, 3.63) is 65.9 Å². The van der Waals surface area contributed by atoms with Crippen LogP contribution in [0.15, 0.2) is 53.3 Å². The number of rotatable bonds is 4. The molecule has 3 heterocycles. The number of hydrogen-bond donors (Lipinski definition) is 2. The Morgan fingerprint density at radius 2 is 2.07 bits per heavy atom. The largest absolute Gasteiger partial charge is 0.337 e. The topological polar surface area (TPSA) is 111 Å². The SMILES string of the molecule is Cc1ccc(-c2noc(C(C)(C)N)n2)cc1NC(=O)c1cnc2ccccn12. The highest BCUT2D eigenvalue weighted by molar-refractivity contribution is 6.04. The minimum atomic E-state index is -0.726. The highest BCUT2D eigenvalue weighted by Crippen LogP contribution is 2.26.